The number of amidine groups is 1. The van der Waals surface area contributed by atoms with Crippen molar-refractivity contribution in [1.29, 1.82) is 0 Å². The number of nitrogens with zero attached hydrogens (tertiary/aromatic N) is 1. The van der Waals surface area contributed by atoms with E-state index >= 15 is 0 Å². The minimum absolute atomic E-state index is 0.0171. The second-order valence-electron chi connectivity index (χ2n) is 6.83. The van der Waals surface area contributed by atoms with Gasteiger partial charge in [0, 0.05) is 23.4 Å². The summed E-state index contributed by atoms with van der Waals surface area (Å²) in [5, 5.41) is 2.89. The number of aryl methyl sites for hydroxylation is 1. The Labute approximate surface area is 186 Å². The molecule has 0 saturated heterocycles. The van der Waals surface area contributed by atoms with E-state index in [0.29, 0.717) is 5.69 Å². The van der Waals surface area contributed by atoms with Gasteiger partial charge in [-0.25, -0.2) is 0 Å². The SMILES string of the molecule is Cc1ccc([C@]2(C(F)(F)F)N=C(Nc3ccccc3)Oc3cc(Cl)c(Cl)cc3O2)cc1. The van der Waals surface area contributed by atoms with Crippen molar-refractivity contribution in [2.24, 2.45) is 4.99 Å². The second kappa shape index (κ2) is 7.98. The number of ether oxygens (including phenoxy) is 2. The molecule has 0 amide bonds. The molecule has 1 N–H and O–H groups in total. The van der Waals surface area contributed by atoms with Gasteiger partial charge >= 0.3 is 11.9 Å². The number of aliphatic imine (C=N–C) groups is 1. The molecule has 4 nitrogen and oxygen atoms in total. The van der Waals surface area contributed by atoms with E-state index in [-0.39, 0.29) is 27.1 Å². The Morgan fingerprint density at radius 1 is 0.903 bits per heavy atom. The van der Waals surface area contributed by atoms with Crippen molar-refractivity contribution < 1.29 is 22.6 Å². The molecule has 1 heterocycles. The molecule has 0 unspecified atom stereocenters. The number of alkyl halides is 3. The van der Waals surface area contributed by atoms with Crippen molar-refractivity contribution in [3.63, 3.8) is 0 Å². The average molecular weight is 467 g/mol. The number of benzene rings is 3. The van der Waals surface area contributed by atoms with Crippen LogP contribution in [0.15, 0.2) is 71.7 Å². The Bertz CT molecular complexity index is 1140. The van der Waals surface area contributed by atoms with Gasteiger partial charge in [0.25, 0.3) is 6.02 Å². The van der Waals surface area contributed by atoms with Crippen LogP contribution in [0.3, 0.4) is 0 Å². The lowest BCUT2D eigenvalue weighted by molar-refractivity contribution is -0.251. The number of anilines is 1. The highest BCUT2D eigenvalue weighted by atomic mass is 35.5. The Morgan fingerprint density at radius 3 is 2.13 bits per heavy atom. The van der Waals surface area contributed by atoms with Gasteiger partial charge in [-0.05, 0) is 19.1 Å². The lowest BCUT2D eigenvalue weighted by Gasteiger charge is -2.31. The summed E-state index contributed by atoms with van der Waals surface area (Å²) in [4.78, 5) is 3.90. The average Bonchev–Trinajstić information content (AvgIpc) is 2.86. The summed E-state index contributed by atoms with van der Waals surface area (Å²) in [5.41, 5.74) is -2.04. The molecule has 3 aromatic carbocycles. The van der Waals surface area contributed by atoms with Gasteiger partial charge in [-0.1, -0.05) is 71.2 Å². The van der Waals surface area contributed by atoms with Crippen LogP contribution >= 0.6 is 23.2 Å². The highest BCUT2D eigenvalue weighted by Gasteiger charge is 2.61. The van der Waals surface area contributed by atoms with Crippen LogP contribution in [0.4, 0.5) is 18.9 Å². The van der Waals surface area contributed by atoms with E-state index in [0.717, 1.165) is 5.56 Å². The Morgan fingerprint density at radius 2 is 1.52 bits per heavy atom. The fourth-order valence-corrected chi connectivity index (χ4v) is 3.32. The van der Waals surface area contributed by atoms with Crippen LogP contribution in [0.2, 0.25) is 10.0 Å². The van der Waals surface area contributed by atoms with Crippen LogP contribution in [-0.2, 0) is 5.72 Å². The lowest BCUT2D eigenvalue weighted by atomic mass is 10.0. The van der Waals surface area contributed by atoms with Crippen molar-refractivity contribution in [3.8, 4) is 11.5 Å². The van der Waals surface area contributed by atoms with E-state index in [1.54, 1.807) is 49.4 Å². The van der Waals surface area contributed by atoms with Gasteiger partial charge in [0.15, 0.2) is 11.5 Å². The van der Waals surface area contributed by atoms with E-state index in [1.165, 1.54) is 24.3 Å². The van der Waals surface area contributed by atoms with Crippen molar-refractivity contribution in [2.45, 2.75) is 18.8 Å². The third kappa shape index (κ3) is 4.16. The number of para-hydroxylation sites is 1. The molecule has 160 valence electrons. The van der Waals surface area contributed by atoms with Gasteiger partial charge in [0.1, 0.15) is 0 Å². The van der Waals surface area contributed by atoms with Crippen LogP contribution in [-0.4, -0.2) is 12.2 Å². The van der Waals surface area contributed by atoms with Crippen LogP contribution in [0.25, 0.3) is 0 Å². The molecule has 0 bridgehead atoms. The van der Waals surface area contributed by atoms with Gasteiger partial charge in [0.05, 0.1) is 10.0 Å². The highest BCUT2D eigenvalue weighted by molar-refractivity contribution is 6.42. The maximum absolute atomic E-state index is 14.6. The van der Waals surface area contributed by atoms with Crippen LogP contribution in [0, 0.1) is 6.92 Å². The molecule has 0 spiro atoms. The molecular formula is C22H15Cl2F3N2O2. The first kappa shape index (κ1) is 21.3. The number of rotatable bonds is 2. The molecule has 3 aromatic rings. The summed E-state index contributed by atoms with van der Waals surface area (Å²) in [7, 11) is 0. The molecule has 9 heteroatoms. The first-order chi connectivity index (χ1) is 14.7. The summed E-state index contributed by atoms with van der Waals surface area (Å²) in [6, 6.07) is 16.3. The standard InChI is InChI=1S/C22H15Cl2F3N2O2/c1-13-7-9-14(10-8-13)21(22(25,26)27)29-20(28-15-5-3-2-4-6-15)30-18-11-16(23)17(24)12-19(18)31-21/h2-12H,1H3,(H,28,29)/t21-/m0/s1. The maximum Gasteiger partial charge on any atom is 0.455 e. The van der Waals surface area contributed by atoms with E-state index in [4.69, 9.17) is 32.7 Å². The molecule has 0 radical (unpaired) electrons. The van der Waals surface area contributed by atoms with E-state index in [9.17, 15) is 13.2 Å². The Balaban J connectivity index is 1.94. The predicted molar refractivity (Wildman–Crippen MR) is 114 cm³/mol. The Hall–Kier alpha value is -2.90. The van der Waals surface area contributed by atoms with Gasteiger partial charge in [0.2, 0.25) is 0 Å². The minimum atomic E-state index is -4.94. The predicted octanol–water partition coefficient (Wildman–Crippen LogP) is 6.96. The van der Waals surface area contributed by atoms with Gasteiger partial charge in [-0.15, -0.1) is 0 Å². The first-order valence-electron chi connectivity index (χ1n) is 9.10. The van der Waals surface area contributed by atoms with Crippen LogP contribution < -0.4 is 14.8 Å². The zero-order valence-corrected chi connectivity index (χ0v) is 17.5. The molecule has 0 aliphatic carbocycles. The normalized spacial score (nSPS) is 18.2. The monoisotopic (exact) mass is 466 g/mol. The number of nitrogens with one attached hydrogen (secondary N) is 1. The molecular weight excluding hydrogens is 452 g/mol. The van der Waals surface area contributed by atoms with Crippen molar-refractivity contribution >= 4 is 34.9 Å². The summed E-state index contributed by atoms with van der Waals surface area (Å²) in [6.45, 7) is 1.77. The number of fused-ring (bicyclic) bond motifs is 1. The third-order valence-electron chi connectivity index (χ3n) is 4.56. The number of hydrogen-bond donors (Lipinski definition) is 1. The summed E-state index contributed by atoms with van der Waals surface area (Å²) < 4.78 is 54.9. The fourth-order valence-electron chi connectivity index (χ4n) is 3.01. The molecule has 0 fully saturated rings. The number of hydrogen-bond acceptors (Lipinski definition) is 4. The lowest BCUT2D eigenvalue weighted by Crippen LogP contribution is -2.46. The molecule has 1 aliphatic heterocycles. The quantitative estimate of drug-likeness (QED) is 0.443. The van der Waals surface area contributed by atoms with Gasteiger partial charge in [-0.3, -0.25) is 0 Å². The molecule has 0 saturated carbocycles. The summed E-state index contributed by atoms with van der Waals surface area (Å²) in [5.74, 6) is -0.310. The van der Waals surface area contributed by atoms with Crippen LogP contribution in [0.5, 0.6) is 11.5 Å². The second-order valence-corrected chi connectivity index (χ2v) is 7.65. The molecule has 1 atom stereocenters. The largest absolute Gasteiger partial charge is 0.455 e. The molecule has 0 aromatic heterocycles. The molecule has 1 aliphatic rings. The van der Waals surface area contributed by atoms with Crippen molar-refractivity contribution in [2.75, 3.05) is 5.32 Å². The molecule has 4 rings (SSSR count). The van der Waals surface area contributed by atoms with Gasteiger partial charge < -0.3 is 14.8 Å². The number of halogens is 5. The van der Waals surface area contributed by atoms with Crippen LogP contribution in [0.1, 0.15) is 11.1 Å². The van der Waals surface area contributed by atoms with E-state index in [1.807, 2.05) is 0 Å². The first-order valence-corrected chi connectivity index (χ1v) is 9.85. The minimum Gasteiger partial charge on any atom is -0.449 e. The van der Waals surface area contributed by atoms with Crippen molar-refractivity contribution in [3.05, 3.63) is 87.9 Å². The van der Waals surface area contributed by atoms with E-state index in [2.05, 4.69) is 10.3 Å². The summed E-state index contributed by atoms with van der Waals surface area (Å²) >= 11 is 12.1. The smallest absolute Gasteiger partial charge is 0.449 e. The van der Waals surface area contributed by atoms with Gasteiger partial charge in [-0.2, -0.15) is 18.2 Å². The topological polar surface area (TPSA) is 42.9 Å². The third-order valence-corrected chi connectivity index (χ3v) is 5.28. The fraction of sp³-hybridized carbons (Fsp3) is 0.136. The Kier molecular flexibility index (Phi) is 5.49. The van der Waals surface area contributed by atoms with E-state index < -0.39 is 17.9 Å². The summed E-state index contributed by atoms with van der Waals surface area (Å²) in [6.07, 6.45) is -4.94. The zero-order chi connectivity index (χ0) is 22.2. The van der Waals surface area contributed by atoms with Crippen molar-refractivity contribution in [1.82, 2.24) is 0 Å². The molecule has 31 heavy (non-hydrogen) atoms. The highest BCUT2D eigenvalue weighted by Crippen LogP contribution is 2.49. The maximum atomic E-state index is 14.6. The zero-order valence-electron chi connectivity index (χ0n) is 16.0.